The molecule has 0 saturated heterocycles. The maximum Gasteiger partial charge on any atom is 0.350 e. The van der Waals surface area contributed by atoms with Gasteiger partial charge in [-0.3, -0.25) is 4.98 Å². The molecule has 6 nitrogen and oxygen atoms in total. The summed E-state index contributed by atoms with van der Waals surface area (Å²) in [4.78, 5) is 16.1. The number of nitrogens with zero attached hydrogens (tertiary/aromatic N) is 4. The molecule has 0 spiro atoms. The van der Waals surface area contributed by atoms with Crippen molar-refractivity contribution in [3.8, 4) is 0 Å². The number of hydrogen-bond donors (Lipinski definition) is 1. The minimum Gasteiger partial charge on any atom is -0.393 e. The molecule has 0 aliphatic rings. The van der Waals surface area contributed by atoms with Gasteiger partial charge >= 0.3 is 5.69 Å². The third-order valence-corrected chi connectivity index (χ3v) is 2.72. The van der Waals surface area contributed by atoms with Crippen LogP contribution in [0.15, 0.2) is 23.4 Å². The molecule has 0 saturated carbocycles. The normalized spacial score (nSPS) is 12.8. The summed E-state index contributed by atoms with van der Waals surface area (Å²) in [5.41, 5.74) is 5.81. The van der Waals surface area contributed by atoms with Gasteiger partial charge in [-0.1, -0.05) is 19.1 Å². The first-order valence-corrected chi connectivity index (χ1v) is 5.19. The lowest BCUT2D eigenvalue weighted by Crippen LogP contribution is -2.29. The molecule has 1 unspecified atom stereocenters. The monoisotopic (exact) mass is 237 g/mol. The summed E-state index contributed by atoms with van der Waals surface area (Å²) < 4.78 is 2.78. The molecule has 2 N–H and O–H groups in total. The van der Waals surface area contributed by atoms with Crippen molar-refractivity contribution >= 4 is 22.9 Å². The van der Waals surface area contributed by atoms with E-state index in [0.29, 0.717) is 17.2 Å². The van der Waals surface area contributed by atoms with Crippen molar-refractivity contribution < 1.29 is 0 Å². The smallest absolute Gasteiger partial charge is 0.350 e. The Morgan fingerprint density at radius 3 is 3.06 bits per heavy atom. The van der Waals surface area contributed by atoms with Crippen LogP contribution in [0.1, 0.15) is 6.92 Å². The molecule has 84 valence electrons. The highest BCUT2D eigenvalue weighted by atomic mass is 32.1. The molecule has 2 aromatic rings. The zero-order valence-corrected chi connectivity index (χ0v) is 9.52. The van der Waals surface area contributed by atoms with Crippen molar-refractivity contribution in [2.24, 2.45) is 11.7 Å². The maximum atomic E-state index is 11.8. The fraction of sp³-hybridized carbons (Fsp3) is 0.333. The highest BCUT2D eigenvalue weighted by Crippen LogP contribution is 1.99. The van der Waals surface area contributed by atoms with Crippen molar-refractivity contribution in [1.82, 2.24) is 19.2 Å². The van der Waals surface area contributed by atoms with Crippen molar-refractivity contribution in [2.45, 2.75) is 13.5 Å². The van der Waals surface area contributed by atoms with E-state index in [0.717, 1.165) is 0 Å². The number of thiocarbonyl (C=S) groups is 1. The molecular weight excluding hydrogens is 226 g/mol. The molecule has 0 aliphatic heterocycles. The first-order valence-electron chi connectivity index (χ1n) is 4.78. The average Bonchev–Trinajstić information content (AvgIpc) is 2.56. The van der Waals surface area contributed by atoms with Gasteiger partial charge in [0.05, 0.1) is 17.7 Å². The number of fused-ring (bicyclic) bond motifs is 1. The molecule has 0 radical (unpaired) electrons. The second-order valence-corrected chi connectivity index (χ2v) is 4.04. The molecule has 0 aliphatic carbocycles. The summed E-state index contributed by atoms with van der Waals surface area (Å²) in [7, 11) is 0. The van der Waals surface area contributed by atoms with Crippen molar-refractivity contribution in [2.75, 3.05) is 0 Å². The quantitative estimate of drug-likeness (QED) is 0.749. The Balaban J connectivity index is 2.42. The second-order valence-electron chi connectivity index (χ2n) is 3.57. The van der Waals surface area contributed by atoms with Crippen LogP contribution in [0.3, 0.4) is 0 Å². The van der Waals surface area contributed by atoms with Gasteiger partial charge in [-0.05, 0) is 0 Å². The van der Waals surface area contributed by atoms with Gasteiger partial charge in [-0.25, -0.2) is 13.9 Å². The van der Waals surface area contributed by atoms with Gasteiger partial charge in [-0.15, -0.1) is 5.10 Å². The molecule has 7 heteroatoms. The fourth-order valence-electron chi connectivity index (χ4n) is 1.35. The number of hydrogen-bond acceptors (Lipinski definition) is 4. The van der Waals surface area contributed by atoms with Gasteiger partial charge in [0.1, 0.15) is 0 Å². The van der Waals surface area contributed by atoms with Crippen LogP contribution in [0.25, 0.3) is 5.65 Å². The van der Waals surface area contributed by atoms with E-state index in [-0.39, 0.29) is 11.6 Å². The van der Waals surface area contributed by atoms with Gasteiger partial charge in [0, 0.05) is 18.3 Å². The summed E-state index contributed by atoms with van der Waals surface area (Å²) in [5, 5.41) is 4.12. The van der Waals surface area contributed by atoms with Crippen molar-refractivity contribution in [3.05, 3.63) is 29.1 Å². The predicted octanol–water partition coefficient (Wildman–Crippen LogP) is -0.187. The Kier molecular flexibility index (Phi) is 2.69. The molecule has 0 aromatic carbocycles. The zero-order chi connectivity index (χ0) is 11.7. The topological polar surface area (TPSA) is 78.2 Å². The summed E-state index contributed by atoms with van der Waals surface area (Å²) in [6, 6.07) is 0. The standard InChI is InChI=1S/C9H11N5OS/c1-6(8(10)16)5-14-9(15)13-3-2-11-4-7(13)12-14/h2-4,6H,5H2,1H3,(H2,10,16). The first-order chi connectivity index (χ1) is 7.59. The Labute approximate surface area is 96.7 Å². The summed E-state index contributed by atoms with van der Waals surface area (Å²) in [6.45, 7) is 2.24. The van der Waals surface area contributed by atoms with Crippen LogP contribution in [0.2, 0.25) is 0 Å². The second kappa shape index (κ2) is 4.01. The highest BCUT2D eigenvalue weighted by molar-refractivity contribution is 7.80. The number of aromatic nitrogens is 4. The van der Waals surface area contributed by atoms with E-state index >= 15 is 0 Å². The molecule has 2 rings (SSSR count). The Morgan fingerprint density at radius 1 is 1.69 bits per heavy atom. The molecular formula is C9H11N5OS. The Bertz CT molecular complexity index is 587. The van der Waals surface area contributed by atoms with E-state index in [1.54, 1.807) is 6.20 Å². The van der Waals surface area contributed by atoms with E-state index in [4.69, 9.17) is 18.0 Å². The summed E-state index contributed by atoms with van der Waals surface area (Å²) in [6.07, 6.45) is 4.65. The third kappa shape index (κ3) is 1.81. The average molecular weight is 237 g/mol. The van der Waals surface area contributed by atoms with Crippen LogP contribution in [-0.2, 0) is 6.54 Å². The van der Waals surface area contributed by atoms with Crippen molar-refractivity contribution in [3.63, 3.8) is 0 Å². The van der Waals surface area contributed by atoms with Crippen LogP contribution < -0.4 is 11.4 Å². The van der Waals surface area contributed by atoms with Gasteiger partial charge < -0.3 is 5.73 Å². The fourth-order valence-corrected chi connectivity index (χ4v) is 1.42. The summed E-state index contributed by atoms with van der Waals surface area (Å²) in [5.74, 6) is -0.0643. The largest absolute Gasteiger partial charge is 0.393 e. The zero-order valence-electron chi connectivity index (χ0n) is 8.70. The molecule has 1 atom stereocenters. The molecule has 0 amide bonds. The SMILES string of the molecule is CC(Cn1nc2cnccn2c1=O)C(N)=S. The van der Waals surface area contributed by atoms with Gasteiger partial charge in [0.2, 0.25) is 0 Å². The van der Waals surface area contributed by atoms with Crippen LogP contribution in [-0.4, -0.2) is 24.2 Å². The highest BCUT2D eigenvalue weighted by Gasteiger charge is 2.11. The van der Waals surface area contributed by atoms with E-state index in [1.807, 2.05) is 6.92 Å². The minimum absolute atomic E-state index is 0.0643. The van der Waals surface area contributed by atoms with Gasteiger partial charge in [0.25, 0.3) is 0 Å². The van der Waals surface area contributed by atoms with E-state index in [2.05, 4.69) is 10.1 Å². The Hall–Kier alpha value is -1.76. The number of nitrogens with two attached hydrogens (primary N) is 1. The van der Waals surface area contributed by atoms with Crippen LogP contribution in [0, 0.1) is 5.92 Å². The van der Waals surface area contributed by atoms with E-state index in [1.165, 1.54) is 21.5 Å². The predicted molar refractivity (Wildman–Crippen MR) is 63.2 cm³/mol. The molecule has 2 heterocycles. The molecule has 0 bridgehead atoms. The van der Waals surface area contributed by atoms with Gasteiger partial charge in [-0.2, -0.15) is 0 Å². The Morgan fingerprint density at radius 2 is 2.44 bits per heavy atom. The lowest BCUT2D eigenvalue weighted by molar-refractivity contribution is 0.527. The van der Waals surface area contributed by atoms with Gasteiger partial charge in [0.15, 0.2) is 5.65 Å². The van der Waals surface area contributed by atoms with Crippen LogP contribution in [0.4, 0.5) is 0 Å². The van der Waals surface area contributed by atoms with Crippen LogP contribution >= 0.6 is 12.2 Å². The molecule has 0 fully saturated rings. The van der Waals surface area contributed by atoms with Crippen molar-refractivity contribution in [1.29, 1.82) is 0 Å². The summed E-state index contributed by atoms with van der Waals surface area (Å²) >= 11 is 4.86. The lowest BCUT2D eigenvalue weighted by atomic mass is 10.2. The first kappa shape index (κ1) is 10.7. The lowest BCUT2D eigenvalue weighted by Gasteiger charge is -2.07. The number of rotatable bonds is 3. The molecule has 2 aromatic heterocycles. The maximum absolute atomic E-state index is 11.8. The molecule has 16 heavy (non-hydrogen) atoms. The minimum atomic E-state index is -0.208. The van der Waals surface area contributed by atoms with Crippen LogP contribution in [0.5, 0.6) is 0 Å². The van der Waals surface area contributed by atoms with E-state index < -0.39 is 0 Å². The van der Waals surface area contributed by atoms with E-state index in [9.17, 15) is 4.79 Å². The third-order valence-electron chi connectivity index (χ3n) is 2.32.